The van der Waals surface area contributed by atoms with Gasteiger partial charge in [0.2, 0.25) is 0 Å². The zero-order valence-corrected chi connectivity index (χ0v) is 11.0. The third-order valence-corrected chi connectivity index (χ3v) is 2.88. The second-order valence-corrected chi connectivity index (χ2v) is 4.42. The van der Waals surface area contributed by atoms with Crippen LogP contribution >= 0.6 is 0 Å². The molecular weight excluding hydrogens is 275 g/mol. The Morgan fingerprint density at radius 3 is 2.52 bits per heavy atom. The van der Waals surface area contributed by atoms with Crippen LogP contribution in [0.5, 0.6) is 0 Å². The van der Waals surface area contributed by atoms with Crippen molar-refractivity contribution in [2.45, 2.75) is 12.5 Å². The van der Waals surface area contributed by atoms with Crippen molar-refractivity contribution in [1.29, 1.82) is 0 Å². The number of benzene rings is 1. The Morgan fingerprint density at radius 2 is 1.95 bits per heavy atom. The molecule has 0 fully saturated rings. The number of nitrogens with zero attached hydrogens (tertiary/aromatic N) is 1. The molecule has 0 aliphatic rings. The first-order chi connectivity index (χ1) is 10.1. The molecule has 1 aromatic heterocycles. The van der Waals surface area contributed by atoms with Gasteiger partial charge in [-0.1, -0.05) is 12.1 Å². The average molecular weight is 288 g/mol. The lowest BCUT2D eigenvalue weighted by Gasteiger charge is -2.17. The Kier molecular flexibility index (Phi) is 4.61. The standard InChI is InChI=1S/C15H13FN2O3/c16-12-5-3-10(4-6-12)13(8-14(19)20)18-15(21)11-2-1-7-17-9-11/h1-7,9,13H,8H2,(H,18,21)(H,19,20)/t13-/m0/s1. The fourth-order valence-electron chi connectivity index (χ4n) is 1.86. The highest BCUT2D eigenvalue weighted by molar-refractivity contribution is 5.94. The summed E-state index contributed by atoms with van der Waals surface area (Å²) in [5, 5.41) is 11.6. The van der Waals surface area contributed by atoms with Crippen LogP contribution in [0.15, 0.2) is 48.8 Å². The van der Waals surface area contributed by atoms with Crippen molar-refractivity contribution in [2.24, 2.45) is 0 Å². The number of pyridine rings is 1. The predicted octanol–water partition coefficient (Wildman–Crippen LogP) is 2.17. The highest BCUT2D eigenvalue weighted by Crippen LogP contribution is 2.18. The number of carbonyl (C=O) groups excluding carboxylic acids is 1. The minimum Gasteiger partial charge on any atom is -0.481 e. The monoisotopic (exact) mass is 288 g/mol. The van der Waals surface area contributed by atoms with Gasteiger partial charge >= 0.3 is 5.97 Å². The fourth-order valence-corrected chi connectivity index (χ4v) is 1.86. The lowest BCUT2D eigenvalue weighted by molar-refractivity contribution is -0.137. The summed E-state index contributed by atoms with van der Waals surface area (Å²) < 4.78 is 12.9. The molecule has 0 saturated heterocycles. The number of hydrogen-bond acceptors (Lipinski definition) is 3. The van der Waals surface area contributed by atoms with E-state index in [1.807, 2.05) is 0 Å². The van der Waals surface area contributed by atoms with Crippen LogP contribution in [-0.4, -0.2) is 22.0 Å². The number of carboxylic acid groups (broad SMARTS) is 1. The van der Waals surface area contributed by atoms with Gasteiger partial charge in [0.15, 0.2) is 0 Å². The summed E-state index contributed by atoms with van der Waals surface area (Å²) in [5.41, 5.74) is 0.853. The largest absolute Gasteiger partial charge is 0.481 e. The van der Waals surface area contributed by atoms with Crippen LogP contribution in [0.2, 0.25) is 0 Å². The van der Waals surface area contributed by atoms with Gasteiger partial charge in [0.05, 0.1) is 18.0 Å². The minimum atomic E-state index is -1.06. The molecule has 2 rings (SSSR count). The lowest BCUT2D eigenvalue weighted by Crippen LogP contribution is -2.30. The van der Waals surface area contributed by atoms with Crippen molar-refractivity contribution in [2.75, 3.05) is 0 Å². The Balaban J connectivity index is 2.18. The van der Waals surface area contributed by atoms with Crippen LogP contribution in [0.3, 0.4) is 0 Å². The molecule has 1 heterocycles. The normalized spacial score (nSPS) is 11.7. The molecule has 6 heteroatoms. The van der Waals surface area contributed by atoms with E-state index in [1.165, 1.54) is 36.7 Å². The van der Waals surface area contributed by atoms with Gasteiger partial charge in [-0.15, -0.1) is 0 Å². The molecule has 1 amide bonds. The summed E-state index contributed by atoms with van der Waals surface area (Å²) in [6, 6.07) is 7.79. The first-order valence-electron chi connectivity index (χ1n) is 6.24. The van der Waals surface area contributed by atoms with Crippen molar-refractivity contribution < 1.29 is 19.1 Å². The second-order valence-electron chi connectivity index (χ2n) is 4.42. The molecular formula is C15H13FN2O3. The molecule has 0 spiro atoms. The van der Waals surface area contributed by atoms with Gasteiger partial charge < -0.3 is 10.4 Å². The van der Waals surface area contributed by atoms with E-state index < -0.39 is 23.7 Å². The van der Waals surface area contributed by atoms with Crippen LogP contribution in [-0.2, 0) is 4.79 Å². The van der Waals surface area contributed by atoms with E-state index in [0.717, 1.165) is 0 Å². The van der Waals surface area contributed by atoms with Gasteiger partial charge in [-0.3, -0.25) is 14.6 Å². The number of halogens is 1. The summed E-state index contributed by atoms with van der Waals surface area (Å²) in [6.45, 7) is 0. The quantitative estimate of drug-likeness (QED) is 0.883. The number of aromatic nitrogens is 1. The molecule has 5 nitrogen and oxygen atoms in total. The Bertz CT molecular complexity index is 629. The molecule has 1 atom stereocenters. The van der Waals surface area contributed by atoms with Gasteiger partial charge in [0.25, 0.3) is 5.91 Å². The second kappa shape index (κ2) is 6.60. The molecule has 0 saturated carbocycles. The van der Waals surface area contributed by atoms with Gasteiger partial charge in [-0.05, 0) is 29.8 Å². The molecule has 2 aromatic rings. The maximum absolute atomic E-state index is 12.9. The molecule has 0 radical (unpaired) electrons. The number of amides is 1. The highest BCUT2D eigenvalue weighted by atomic mass is 19.1. The third-order valence-electron chi connectivity index (χ3n) is 2.88. The van der Waals surface area contributed by atoms with Gasteiger partial charge in [-0.2, -0.15) is 0 Å². The van der Waals surface area contributed by atoms with Crippen LogP contribution in [0, 0.1) is 5.82 Å². The molecule has 108 valence electrons. The number of carboxylic acids is 1. The SMILES string of the molecule is O=C(O)C[C@H](NC(=O)c1cccnc1)c1ccc(F)cc1. The smallest absolute Gasteiger partial charge is 0.305 e. The molecule has 0 aliphatic carbocycles. The molecule has 0 bridgehead atoms. The van der Waals surface area contributed by atoms with Gasteiger partial charge in [-0.25, -0.2) is 4.39 Å². The van der Waals surface area contributed by atoms with Crippen molar-refractivity contribution in [3.8, 4) is 0 Å². The summed E-state index contributed by atoms with van der Waals surface area (Å²) in [7, 11) is 0. The van der Waals surface area contributed by atoms with E-state index in [0.29, 0.717) is 11.1 Å². The minimum absolute atomic E-state index is 0.294. The maximum atomic E-state index is 12.9. The van der Waals surface area contributed by atoms with E-state index in [4.69, 9.17) is 5.11 Å². The van der Waals surface area contributed by atoms with Crippen LogP contribution in [0.25, 0.3) is 0 Å². The van der Waals surface area contributed by atoms with Crippen molar-refractivity contribution in [3.63, 3.8) is 0 Å². The topological polar surface area (TPSA) is 79.3 Å². The Hall–Kier alpha value is -2.76. The van der Waals surface area contributed by atoms with Crippen LogP contribution in [0.4, 0.5) is 4.39 Å². The molecule has 0 aliphatic heterocycles. The summed E-state index contributed by atoms with van der Waals surface area (Å²) >= 11 is 0. The lowest BCUT2D eigenvalue weighted by atomic mass is 10.0. The van der Waals surface area contributed by atoms with Gasteiger partial charge in [0, 0.05) is 12.4 Å². The average Bonchev–Trinajstić information content (AvgIpc) is 2.48. The fraction of sp³-hybridized carbons (Fsp3) is 0.133. The number of carbonyl (C=O) groups is 2. The van der Waals surface area contributed by atoms with Crippen molar-refractivity contribution >= 4 is 11.9 Å². The summed E-state index contributed by atoms with van der Waals surface area (Å²) in [5.74, 6) is -1.92. The predicted molar refractivity (Wildman–Crippen MR) is 73.1 cm³/mol. The Morgan fingerprint density at radius 1 is 1.24 bits per heavy atom. The van der Waals surface area contributed by atoms with E-state index in [9.17, 15) is 14.0 Å². The molecule has 1 aromatic carbocycles. The Labute approximate surface area is 120 Å². The van der Waals surface area contributed by atoms with E-state index in [1.54, 1.807) is 12.1 Å². The van der Waals surface area contributed by atoms with Gasteiger partial charge in [0.1, 0.15) is 5.82 Å². The van der Waals surface area contributed by atoms with E-state index in [-0.39, 0.29) is 6.42 Å². The highest BCUT2D eigenvalue weighted by Gasteiger charge is 2.19. The maximum Gasteiger partial charge on any atom is 0.305 e. The van der Waals surface area contributed by atoms with Crippen molar-refractivity contribution in [1.82, 2.24) is 10.3 Å². The first kappa shape index (κ1) is 14.6. The zero-order valence-electron chi connectivity index (χ0n) is 11.0. The first-order valence-corrected chi connectivity index (χ1v) is 6.24. The number of nitrogens with one attached hydrogen (secondary N) is 1. The molecule has 0 unspecified atom stereocenters. The van der Waals surface area contributed by atoms with E-state index in [2.05, 4.69) is 10.3 Å². The number of aliphatic carboxylic acids is 1. The molecule has 21 heavy (non-hydrogen) atoms. The summed E-state index contributed by atoms with van der Waals surface area (Å²) in [4.78, 5) is 26.8. The van der Waals surface area contributed by atoms with Crippen molar-refractivity contribution in [3.05, 3.63) is 65.7 Å². The zero-order chi connectivity index (χ0) is 15.2. The van der Waals surface area contributed by atoms with Crippen LogP contribution in [0.1, 0.15) is 28.4 Å². The van der Waals surface area contributed by atoms with Crippen LogP contribution < -0.4 is 5.32 Å². The number of hydrogen-bond donors (Lipinski definition) is 2. The third kappa shape index (κ3) is 4.10. The molecule has 2 N–H and O–H groups in total. The summed E-state index contributed by atoms with van der Waals surface area (Å²) in [6.07, 6.45) is 2.63. The van der Waals surface area contributed by atoms with E-state index >= 15 is 0 Å². The number of rotatable bonds is 5.